The van der Waals surface area contributed by atoms with Gasteiger partial charge in [-0.1, -0.05) is 0 Å². The zero-order valence-corrected chi connectivity index (χ0v) is 11.9. The maximum absolute atomic E-state index is 5.83. The maximum atomic E-state index is 5.83. The molecular formula is C13H18BrNO3. The number of rotatable bonds is 3. The van der Waals surface area contributed by atoms with Crippen LogP contribution in [-0.2, 0) is 16.0 Å². The smallest absolute Gasteiger partial charge is 0.169 e. The summed E-state index contributed by atoms with van der Waals surface area (Å²) in [4.78, 5) is 2.38. The molecule has 1 aromatic heterocycles. The molecule has 18 heavy (non-hydrogen) atoms. The van der Waals surface area contributed by atoms with Crippen molar-refractivity contribution in [1.29, 1.82) is 0 Å². The van der Waals surface area contributed by atoms with Gasteiger partial charge in [0, 0.05) is 19.7 Å². The van der Waals surface area contributed by atoms with E-state index in [2.05, 4.69) is 20.8 Å². The largest absolute Gasteiger partial charge is 0.453 e. The van der Waals surface area contributed by atoms with Crippen LogP contribution in [0.3, 0.4) is 0 Å². The molecule has 4 nitrogen and oxygen atoms in total. The van der Waals surface area contributed by atoms with Crippen molar-refractivity contribution >= 4 is 15.9 Å². The summed E-state index contributed by atoms with van der Waals surface area (Å²) in [6.45, 7) is 4.41. The number of halogens is 1. The Morgan fingerprint density at radius 1 is 1.22 bits per heavy atom. The van der Waals surface area contributed by atoms with Gasteiger partial charge < -0.3 is 13.9 Å². The molecule has 0 amide bonds. The second kappa shape index (κ2) is 5.74. The van der Waals surface area contributed by atoms with Crippen LogP contribution in [0.1, 0.15) is 18.6 Å². The Morgan fingerprint density at radius 2 is 2.11 bits per heavy atom. The van der Waals surface area contributed by atoms with E-state index in [1.807, 2.05) is 12.1 Å². The van der Waals surface area contributed by atoms with Crippen molar-refractivity contribution in [3.05, 3.63) is 22.6 Å². The molecule has 0 bridgehead atoms. The Bertz CT molecular complexity index is 389. The van der Waals surface area contributed by atoms with E-state index in [1.54, 1.807) is 0 Å². The standard InChI is InChI=1S/C13H18BrNO3/c14-13-4-3-10(18-13)8-15-5-7-17-12(9-15)11-2-1-6-16-11/h3-4,11-12H,1-2,5-9H2. The molecule has 0 aromatic carbocycles. The Morgan fingerprint density at radius 3 is 2.83 bits per heavy atom. The van der Waals surface area contributed by atoms with Crippen LogP contribution in [0.15, 0.2) is 21.2 Å². The highest BCUT2D eigenvalue weighted by atomic mass is 79.9. The van der Waals surface area contributed by atoms with E-state index in [4.69, 9.17) is 13.9 Å². The SMILES string of the molecule is Brc1ccc(CN2CCOC(C3CCCO3)C2)o1. The van der Waals surface area contributed by atoms with Gasteiger partial charge in [0.25, 0.3) is 0 Å². The first-order valence-corrected chi connectivity index (χ1v) is 7.30. The number of nitrogens with zero attached hydrogens (tertiary/aromatic N) is 1. The molecule has 2 aliphatic rings. The van der Waals surface area contributed by atoms with Crippen LogP contribution in [0, 0.1) is 0 Å². The van der Waals surface area contributed by atoms with E-state index in [-0.39, 0.29) is 12.2 Å². The first-order valence-electron chi connectivity index (χ1n) is 6.51. The molecule has 3 heterocycles. The van der Waals surface area contributed by atoms with Crippen LogP contribution < -0.4 is 0 Å². The molecule has 0 aliphatic carbocycles. The van der Waals surface area contributed by atoms with Crippen molar-refractivity contribution in [3.8, 4) is 0 Å². The molecule has 1 aromatic rings. The average Bonchev–Trinajstić information content (AvgIpc) is 3.01. The van der Waals surface area contributed by atoms with E-state index in [9.17, 15) is 0 Å². The third-order valence-electron chi connectivity index (χ3n) is 3.57. The normalized spacial score (nSPS) is 29.8. The molecule has 0 spiro atoms. The first kappa shape index (κ1) is 12.7. The van der Waals surface area contributed by atoms with E-state index in [0.29, 0.717) is 0 Å². The molecule has 0 saturated carbocycles. The summed E-state index contributed by atoms with van der Waals surface area (Å²) in [5, 5.41) is 0. The number of furan rings is 1. The first-order chi connectivity index (χ1) is 8.81. The highest BCUT2D eigenvalue weighted by molar-refractivity contribution is 9.10. The van der Waals surface area contributed by atoms with Crippen molar-refractivity contribution in [2.24, 2.45) is 0 Å². The highest BCUT2D eigenvalue weighted by Gasteiger charge is 2.31. The second-order valence-electron chi connectivity index (χ2n) is 4.90. The molecule has 2 atom stereocenters. The van der Waals surface area contributed by atoms with E-state index >= 15 is 0 Å². The highest BCUT2D eigenvalue weighted by Crippen LogP contribution is 2.22. The van der Waals surface area contributed by atoms with Gasteiger partial charge in [0.05, 0.1) is 25.4 Å². The zero-order valence-electron chi connectivity index (χ0n) is 10.3. The maximum Gasteiger partial charge on any atom is 0.169 e. The van der Waals surface area contributed by atoms with E-state index in [0.717, 1.165) is 56.1 Å². The lowest BCUT2D eigenvalue weighted by Crippen LogP contribution is -2.47. The molecule has 2 unspecified atom stereocenters. The van der Waals surface area contributed by atoms with Crippen LogP contribution in [0.5, 0.6) is 0 Å². The van der Waals surface area contributed by atoms with E-state index in [1.165, 1.54) is 0 Å². The van der Waals surface area contributed by atoms with Gasteiger partial charge in [-0.2, -0.15) is 0 Å². The van der Waals surface area contributed by atoms with Crippen LogP contribution in [0.4, 0.5) is 0 Å². The van der Waals surface area contributed by atoms with Crippen molar-refractivity contribution in [3.63, 3.8) is 0 Å². The fourth-order valence-electron chi connectivity index (χ4n) is 2.65. The van der Waals surface area contributed by atoms with Crippen molar-refractivity contribution in [2.75, 3.05) is 26.3 Å². The number of hydrogen-bond acceptors (Lipinski definition) is 4. The Kier molecular flexibility index (Phi) is 4.03. The Labute approximate surface area is 115 Å². The molecule has 2 aliphatic heterocycles. The number of hydrogen-bond donors (Lipinski definition) is 0. The lowest BCUT2D eigenvalue weighted by atomic mass is 10.1. The molecule has 3 rings (SSSR count). The fraction of sp³-hybridized carbons (Fsp3) is 0.692. The summed E-state index contributed by atoms with van der Waals surface area (Å²) < 4.78 is 17.9. The number of morpholine rings is 1. The molecule has 0 radical (unpaired) electrons. The van der Waals surface area contributed by atoms with Crippen LogP contribution >= 0.6 is 15.9 Å². The van der Waals surface area contributed by atoms with Gasteiger partial charge in [-0.15, -0.1) is 0 Å². The Hall–Kier alpha value is -0.360. The second-order valence-corrected chi connectivity index (χ2v) is 5.68. The van der Waals surface area contributed by atoms with Gasteiger partial charge in [-0.05, 0) is 40.9 Å². The predicted octanol–water partition coefficient (Wildman–Crippen LogP) is 2.42. The molecular weight excluding hydrogens is 298 g/mol. The molecule has 100 valence electrons. The van der Waals surface area contributed by atoms with Gasteiger partial charge in [0.1, 0.15) is 5.76 Å². The van der Waals surface area contributed by atoms with Crippen molar-refractivity contribution in [1.82, 2.24) is 4.90 Å². The van der Waals surface area contributed by atoms with Crippen LogP contribution in [-0.4, -0.2) is 43.4 Å². The van der Waals surface area contributed by atoms with Crippen LogP contribution in [0.2, 0.25) is 0 Å². The van der Waals surface area contributed by atoms with E-state index < -0.39 is 0 Å². The monoisotopic (exact) mass is 315 g/mol. The molecule has 5 heteroatoms. The lowest BCUT2D eigenvalue weighted by molar-refractivity contribution is -0.0968. The lowest BCUT2D eigenvalue weighted by Gasteiger charge is -2.34. The summed E-state index contributed by atoms with van der Waals surface area (Å²) in [7, 11) is 0. The topological polar surface area (TPSA) is 34.8 Å². The molecule has 2 saturated heterocycles. The molecule has 0 N–H and O–H groups in total. The summed E-state index contributed by atoms with van der Waals surface area (Å²) in [5.41, 5.74) is 0. The average molecular weight is 316 g/mol. The quantitative estimate of drug-likeness (QED) is 0.858. The minimum Gasteiger partial charge on any atom is -0.453 e. The number of ether oxygens (including phenoxy) is 2. The summed E-state index contributed by atoms with van der Waals surface area (Å²) in [6, 6.07) is 3.95. The van der Waals surface area contributed by atoms with Gasteiger partial charge in [-0.3, -0.25) is 4.90 Å². The zero-order chi connectivity index (χ0) is 12.4. The van der Waals surface area contributed by atoms with Gasteiger partial charge in [0.15, 0.2) is 4.67 Å². The fourth-order valence-corrected chi connectivity index (χ4v) is 2.99. The van der Waals surface area contributed by atoms with Crippen LogP contribution in [0.25, 0.3) is 0 Å². The van der Waals surface area contributed by atoms with Gasteiger partial charge >= 0.3 is 0 Å². The third-order valence-corrected chi connectivity index (χ3v) is 3.99. The summed E-state index contributed by atoms with van der Waals surface area (Å²) >= 11 is 3.33. The third kappa shape index (κ3) is 2.96. The van der Waals surface area contributed by atoms with Gasteiger partial charge in [0.2, 0.25) is 0 Å². The van der Waals surface area contributed by atoms with Crippen molar-refractivity contribution in [2.45, 2.75) is 31.6 Å². The summed E-state index contributed by atoms with van der Waals surface area (Å²) in [5.74, 6) is 0.995. The summed E-state index contributed by atoms with van der Waals surface area (Å²) in [6.07, 6.45) is 2.80. The molecule has 2 fully saturated rings. The van der Waals surface area contributed by atoms with Gasteiger partial charge in [-0.25, -0.2) is 0 Å². The van der Waals surface area contributed by atoms with Crippen molar-refractivity contribution < 1.29 is 13.9 Å². The minimum atomic E-state index is 0.222. The predicted molar refractivity (Wildman–Crippen MR) is 70.4 cm³/mol. The minimum absolute atomic E-state index is 0.222. The Balaban J connectivity index is 1.56.